The highest BCUT2D eigenvalue weighted by Gasteiger charge is 2.16. The van der Waals surface area contributed by atoms with Crippen LogP contribution in [0, 0.1) is 13.8 Å². The largest absolute Gasteiger partial charge is 0.497 e. The third kappa shape index (κ3) is 6.03. The van der Waals surface area contributed by atoms with Gasteiger partial charge in [0.2, 0.25) is 0 Å². The molecule has 0 saturated carbocycles. The zero-order valence-corrected chi connectivity index (χ0v) is 22.5. The van der Waals surface area contributed by atoms with Gasteiger partial charge in [0.25, 0.3) is 5.56 Å². The molecule has 1 heterocycles. The van der Waals surface area contributed by atoms with Crippen molar-refractivity contribution >= 4 is 33.9 Å². The molecule has 8 heteroatoms. The molecule has 0 unspecified atom stereocenters. The predicted molar refractivity (Wildman–Crippen MR) is 152 cm³/mol. The Morgan fingerprint density at radius 1 is 0.892 bits per heavy atom. The number of aromatic amines is 1. The van der Waals surface area contributed by atoms with Crippen molar-refractivity contribution in [3.63, 3.8) is 0 Å². The minimum atomic E-state index is -0.186. The summed E-state index contributed by atoms with van der Waals surface area (Å²) < 4.78 is 16.1. The van der Waals surface area contributed by atoms with Gasteiger partial charge in [0.15, 0.2) is 16.6 Å². The summed E-state index contributed by atoms with van der Waals surface area (Å²) in [6.45, 7) is 4.91. The summed E-state index contributed by atoms with van der Waals surface area (Å²) in [6, 6.07) is 19.5. The predicted octanol–water partition coefficient (Wildman–Crippen LogP) is 5.57. The second-order valence-electron chi connectivity index (χ2n) is 8.87. The van der Waals surface area contributed by atoms with Crippen LogP contribution in [0.5, 0.6) is 17.2 Å². The first-order valence-electron chi connectivity index (χ1n) is 11.8. The molecule has 0 aliphatic carbocycles. The molecule has 0 atom stereocenters. The number of nitrogens with zero attached hydrogens (tertiary/aromatic N) is 1. The summed E-state index contributed by atoms with van der Waals surface area (Å²) in [5.41, 5.74) is 5.31. The average molecular weight is 518 g/mol. The number of hydrogen-bond acceptors (Lipinski definition) is 5. The molecule has 2 N–H and O–H groups in total. The fourth-order valence-electron chi connectivity index (χ4n) is 4.20. The molecule has 0 amide bonds. The van der Waals surface area contributed by atoms with Crippen molar-refractivity contribution in [1.29, 1.82) is 0 Å². The highest BCUT2D eigenvalue weighted by atomic mass is 32.1. The van der Waals surface area contributed by atoms with Gasteiger partial charge in [-0.05, 0) is 67.5 Å². The van der Waals surface area contributed by atoms with Gasteiger partial charge in [-0.2, -0.15) is 0 Å². The molecule has 0 radical (unpaired) electrons. The van der Waals surface area contributed by atoms with Crippen molar-refractivity contribution in [2.24, 2.45) is 0 Å². The molecular weight excluding hydrogens is 486 g/mol. The number of aryl methyl sites for hydroxylation is 2. The quantitative estimate of drug-likeness (QED) is 0.296. The van der Waals surface area contributed by atoms with E-state index in [4.69, 9.17) is 26.4 Å². The third-order valence-corrected chi connectivity index (χ3v) is 6.59. The molecule has 3 aromatic carbocycles. The Bertz CT molecular complexity index is 1480. The summed E-state index contributed by atoms with van der Waals surface area (Å²) in [5.74, 6) is 1.93. The van der Waals surface area contributed by atoms with Crippen LogP contribution in [-0.2, 0) is 13.1 Å². The molecule has 0 fully saturated rings. The van der Waals surface area contributed by atoms with Gasteiger partial charge in [-0.3, -0.25) is 4.79 Å². The van der Waals surface area contributed by atoms with Crippen LogP contribution in [-0.4, -0.2) is 36.3 Å². The number of thiocarbonyl (C=S) groups is 1. The number of hydrogen-bond donors (Lipinski definition) is 2. The van der Waals surface area contributed by atoms with Gasteiger partial charge in [-0.25, -0.2) is 0 Å². The first kappa shape index (κ1) is 26.0. The standard InChI is InChI=1S/C29H31N3O4S/c1-18-6-11-24(19(2)12-18)31-29(37)32(16-20-7-9-23(34-3)10-8-20)17-22-13-21-14-26(35-4)27(36-5)15-25(21)30-28(22)33/h6-15H,16-17H2,1-5H3,(H,30,33)(H,31,37). The number of anilines is 1. The molecule has 4 rings (SSSR count). The van der Waals surface area contributed by atoms with Crippen LogP contribution in [0.4, 0.5) is 5.69 Å². The molecule has 0 spiro atoms. The Morgan fingerprint density at radius 3 is 2.24 bits per heavy atom. The number of rotatable bonds is 8. The fraction of sp³-hybridized carbons (Fsp3) is 0.241. The number of methoxy groups -OCH3 is 3. The second-order valence-corrected chi connectivity index (χ2v) is 9.26. The third-order valence-electron chi connectivity index (χ3n) is 6.23. The lowest BCUT2D eigenvalue weighted by Gasteiger charge is -2.27. The fourth-order valence-corrected chi connectivity index (χ4v) is 4.44. The molecule has 0 aliphatic heterocycles. The Morgan fingerprint density at radius 2 is 1.59 bits per heavy atom. The molecule has 1 aromatic heterocycles. The van der Waals surface area contributed by atoms with E-state index in [2.05, 4.69) is 23.3 Å². The van der Waals surface area contributed by atoms with Gasteiger partial charge in [0.1, 0.15) is 5.75 Å². The lowest BCUT2D eigenvalue weighted by molar-refractivity contribution is 0.355. The van der Waals surface area contributed by atoms with Crippen molar-refractivity contribution in [3.8, 4) is 17.2 Å². The Hall–Kier alpha value is -4.04. The summed E-state index contributed by atoms with van der Waals surface area (Å²) in [5, 5.41) is 4.74. The van der Waals surface area contributed by atoms with Crippen molar-refractivity contribution in [2.45, 2.75) is 26.9 Å². The molecule has 0 bridgehead atoms. The maximum atomic E-state index is 13.1. The zero-order chi connectivity index (χ0) is 26.5. The van der Waals surface area contributed by atoms with E-state index in [0.717, 1.165) is 28.0 Å². The Kier molecular flexibility index (Phi) is 7.98. The van der Waals surface area contributed by atoms with Crippen molar-refractivity contribution in [2.75, 3.05) is 26.6 Å². The summed E-state index contributed by atoms with van der Waals surface area (Å²) in [7, 11) is 4.79. The molecule has 0 aliphatic rings. The van der Waals surface area contributed by atoms with Crippen LogP contribution in [0.1, 0.15) is 22.3 Å². The van der Waals surface area contributed by atoms with Crippen molar-refractivity contribution < 1.29 is 14.2 Å². The maximum Gasteiger partial charge on any atom is 0.253 e. The van der Waals surface area contributed by atoms with Gasteiger partial charge < -0.3 is 29.4 Å². The van der Waals surface area contributed by atoms with Crippen LogP contribution < -0.4 is 25.1 Å². The van der Waals surface area contributed by atoms with E-state index in [1.54, 1.807) is 27.4 Å². The highest BCUT2D eigenvalue weighted by Crippen LogP contribution is 2.31. The van der Waals surface area contributed by atoms with E-state index in [-0.39, 0.29) is 5.56 Å². The number of benzene rings is 3. The second kappa shape index (κ2) is 11.3. The van der Waals surface area contributed by atoms with Gasteiger partial charge in [-0.1, -0.05) is 29.8 Å². The smallest absolute Gasteiger partial charge is 0.253 e. The summed E-state index contributed by atoms with van der Waals surface area (Å²) in [6.07, 6.45) is 0. The number of nitrogens with one attached hydrogen (secondary N) is 2. The topological polar surface area (TPSA) is 75.8 Å². The van der Waals surface area contributed by atoms with Crippen LogP contribution in [0.15, 0.2) is 65.5 Å². The van der Waals surface area contributed by atoms with Gasteiger partial charge in [-0.15, -0.1) is 0 Å². The van der Waals surface area contributed by atoms with Crippen LogP contribution >= 0.6 is 12.2 Å². The molecule has 0 saturated heterocycles. The minimum absolute atomic E-state index is 0.186. The molecular formula is C29H31N3O4S. The lowest BCUT2D eigenvalue weighted by atomic mass is 10.1. The molecule has 4 aromatic rings. The van der Waals surface area contributed by atoms with Crippen LogP contribution in [0.25, 0.3) is 10.9 Å². The van der Waals surface area contributed by atoms with Gasteiger partial charge in [0.05, 0.1) is 33.4 Å². The van der Waals surface area contributed by atoms with Crippen LogP contribution in [0.2, 0.25) is 0 Å². The first-order chi connectivity index (χ1) is 17.8. The molecule has 37 heavy (non-hydrogen) atoms. The number of H-pyrrole nitrogens is 1. The number of ether oxygens (including phenoxy) is 3. The van der Waals surface area contributed by atoms with Gasteiger partial charge in [0, 0.05) is 29.2 Å². The first-order valence-corrected chi connectivity index (χ1v) is 12.3. The highest BCUT2D eigenvalue weighted by molar-refractivity contribution is 7.80. The Balaban J connectivity index is 1.68. The average Bonchev–Trinajstić information content (AvgIpc) is 2.89. The maximum absolute atomic E-state index is 13.1. The summed E-state index contributed by atoms with van der Waals surface area (Å²) >= 11 is 5.85. The zero-order valence-electron chi connectivity index (χ0n) is 21.7. The van der Waals surface area contributed by atoms with Gasteiger partial charge >= 0.3 is 0 Å². The number of aromatic nitrogens is 1. The van der Waals surface area contributed by atoms with E-state index in [1.165, 1.54) is 5.56 Å². The van der Waals surface area contributed by atoms with E-state index < -0.39 is 0 Å². The summed E-state index contributed by atoms with van der Waals surface area (Å²) in [4.78, 5) is 18.1. The normalized spacial score (nSPS) is 10.7. The van der Waals surface area contributed by atoms with Crippen LogP contribution in [0.3, 0.4) is 0 Å². The van der Waals surface area contributed by atoms with Crippen molar-refractivity contribution in [1.82, 2.24) is 9.88 Å². The Labute approximate surface area is 222 Å². The SMILES string of the molecule is COc1ccc(CN(Cc2cc3cc(OC)c(OC)cc3[nH]c2=O)C(=S)Nc2ccc(C)cc2C)cc1. The lowest BCUT2D eigenvalue weighted by Crippen LogP contribution is -2.35. The van der Waals surface area contributed by atoms with E-state index in [1.807, 2.05) is 60.4 Å². The molecule has 192 valence electrons. The number of pyridine rings is 1. The van der Waals surface area contributed by atoms with E-state index in [9.17, 15) is 4.79 Å². The van der Waals surface area contributed by atoms with Crippen molar-refractivity contribution in [3.05, 3.63) is 93.3 Å². The van der Waals surface area contributed by atoms with E-state index in [0.29, 0.717) is 40.8 Å². The monoisotopic (exact) mass is 517 g/mol. The number of fused-ring (bicyclic) bond motifs is 1. The van der Waals surface area contributed by atoms with E-state index >= 15 is 0 Å². The minimum Gasteiger partial charge on any atom is -0.497 e. The molecule has 7 nitrogen and oxygen atoms in total.